The van der Waals surface area contributed by atoms with Crippen LogP contribution in [0.2, 0.25) is 0 Å². The maximum absolute atomic E-state index is 11.9. The first-order chi connectivity index (χ1) is 7.86. The Balaban J connectivity index is 2.81. The van der Waals surface area contributed by atoms with Crippen LogP contribution in [0.1, 0.15) is 19.4 Å². The van der Waals surface area contributed by atoms with Gasteiger partial charge in [-0.25, -0.2) is 0 Å². The first-order valence-electron chi connectivity index (χ1n) is 5.52. The highest BCUT2D eigenvalue weighted by molar-refractivity contribution is 5.84. The summed E-state index contributed by atoms with van der Waals surface area (Å²) >= 11 is 0. The number of likely N-dealkylation sites (N-methyl/N-ethyl adjacent to an activating group) is 1. The van der Waals surface area contributed by atoms with Gasteiger partial charge >= 0.3 is 0 Å². The van der Waals surface area contributed by atoms with E-state index in [-0.39, 0.29) is 5.91 Å². The summed E-state index contributed by atoms with van der Waals surface area (Å²) in [6.07, 6.45) is 0. The van der Waals surface area contributed by atoms with Crippen molar-refractivity contribution in [1.82, 2.24) is 4.90 Å². The number of benzene rings is 1. The second kappa shape index (κ2) is 5.19. The van der Waals surface area contributed by atoms with Crippen LogP contribution < -0.4 is 10.5 Å². The van der Waals surface area contributed by atoms with E-state index in [1.54, 1.807) is 32.9 Å². The van der Waals surface area contributed by atoms with Crippen LogP contribution in [0, 0.1) is 0 Å². The summed E-state index contributed by atoms with van der Waals surface area (Å²) < 4.78 is 5.24. The fraction of sp³-hybridized carbons (Fsp3) is 0.462. The van der Waals surface area contributed by atoms with Gasteiger partial charge in [-0.1, -0.05) is 18.2 Å². The van der Waals surface area contributed by atoms with E-state index in [0.717, 1.165) is 11.3 Å². The van der Waals surface area contributed by atoms with E-state index in [2.05, 4.69) is 0 Å². The molecule has 0 unspecified atom stereocenters. The van der Waals surface area contributed by atoms with Crippen LogP contribution in [0.4, 0.5) is 0 Å². The molecule has 0 bridgehead atoms. The molecule has 0 aliphatic heterocycles. The van der Waals surface area contributed by atoms with E-state index in [4.69, 9.17) is 10.5 Å². The average Bonchev–Trinajstić information content (AvgIpc) is 2.27. The van der Waals surface area contributed by atoms with Gasteiger partial charge in [-0.15, -0.1) is 0 Å². The Labute approximate surface area is 102 Å². The van der Waals surface area contributed by atoms with Gasteiger partial charge in [-0.3, -0.25) is 4.79 Å². The molecule has 0 aliphatic carbocycles. The molecule has 0 saturated heterocycles. The third-order valence-corrected chi connectivity index (χ3v) is 2.50. The Kier molecular flexibility index (Phi) is 4.12. The van der Waals surface area contributed by atoms with Gasteiger partial charge < -0.3 is 15.4 Å². The molecule has 1 aromatic carbocycles. The predicted octanol–water partition coefficient (Wildman–Crippen LogP) is 1.39. The molecular weight excluding hydrogens is 216 g/mol. The van der Waals surface area contributed by atoms with Crippen LogP contribution in [0.3, 0.4) is 0 Å². The lowest BCUT2D eigenvalue weighted by Gasteiger charge is -2.26. The van der Waals surface area contributed by atoms with Crippen molar-refractivity contribution in [1.29, 1.82) is 0 Å². The number of carbonyl (C=O) groups is 1. The van der Waals surface area contributed by atoms with Crippen molar-refractivity contribution in [2.24, 2.45) is 5.73 Å². The van der Waals surface area contributed by atoms with Crippen molar-refractivity contribution in [3.8, 4) is 5.75 Å². The van der Waals surface area contributed by atoms with Crippen LogP contribution in [-0.4, -0.2) is 30.5 Å². The Morgan fingerprint density at radius 3 is 2.53 bits per heavy atom. The summed E-state index contributed by atoms with van der Waals surface area (Å²) in [6.45, 7) is 3.89. The molecule has 0 spiro atoms. The smallest absolute Gasteiger partial charge is 0.242 e. The Hall–Kier alpha value is -1.55. The lowest BCUT2D eigenvalue weighted by atomic mass is 10.1. The minimum atomic E-state index is -0.850. The number of nitrogens with zero attached hydrogens (tertiary/aromatic N) is 1. The lowest BCUT2D eigenvalue weighted by molar-refractivity contribution is -0.135. The molecule has 94 valence electrons. The number of carbonyl (C=O) groups excluding carboxylic acids is 1. The van der Waals surface area contributed by atoms with Gasteiger partial charge in [0.25, 0.3) is 0 Å². The molecule has 0 aliphatic rings. The Morgan fingerprint density at radius 2 is 2.00 bits per heavy atom. The van der Waals surface area contributed by atoms with Crippen LogP contribution in [-0.2, 0) is 11.3 Å². The molecule has 0 saturated carbocycles. The zero-order valence-electron chi connectivity index (χ0n) is 10.9. The van der Waals surface area contributed by atoms with Crippen molar-refractivity contribution in [3.63, 3.8) is 0 Å². The van der Waals surface area contributed by atoms with Gasteiger partial charge in [0.05, 0.1) is 12.6 Å². The third kappa shape index (κ3) is 3.46. The lowest BCUT2D eigenvalue weighted by Crippen LogP contribution is -2.49. The van der Waals surface area contributed by atoms with E-state index in [1.165, 1.54) is 0 Å². The number of hydrogen-bond donors (Lipinski definition) is 1. The largest absolute Gasteiger partial charge is 0.496 e. The van der Waals surface area contributed by atoms with Crippen LogP contribution >= 0.6 is 0 Å². The molecule has 2 N–H and O–H groups in total. The fourth-order valence-corrected chi connectivity index (χ4v) is 1.65. The second-order valence-electron chi connectivity index (χ2n) is 4.69. The summed E-state index contributed by atoms with van der Waals surface area (Å²) in [5, 5.41) is 0. The van der Waals surface area contributed by atoms with Crippen LogP contribution in [0.15, 0.2) is 24.3 Å². The maximum Gasteiger partial charge on any atom is 0.242 e. The topological polar surface area (TPSA) is 55.6 Å². The van der Waals surface area contributed by atoms with Gasteiger partial charge in [0.15, 0.2) is 0 Å². The number of nitrogens with two attached hydrogens (primary N) is 1. The molecule has 0 aromatic heterocycles. The molecule has 4 heteroatoms. The number of amides is 1. The summed E-state index contributed by atoms with van der Waals surface area (Å²) in [4.78, 5) is 13.5. The first kappa shape index (κ1) is 13.5. The molecule has 4 nitrogen and oxygen atoms in total. The molecule has 1 rings (SSSR count). The molecule has 0 heterocycles. The molecule has 17 heavy (non-hydrogen) atoms. The minimum Gasteiger partial charge on any atom is -0.496 e. The molecule has 0 atom stereocenters. The Bertz CT molecular complexity index is 397. The zero-order chi connectivity index (χ0) is 13.1. The standard InChI is InChI=1S/C13H20N2O2/c1-13(2,14)12(16)15(3)9-10-7-5-6-8-11(10)17-4/h5-8H,9,14H2,1-4H3. The normalized spacial score (nSPS) is 11.1. The highest BCUT2D eigenvalue weighted by Crippen LogP contribution is 2.19. The van der Waals surface area contributed by atoms with Gasteiger partial charge in [0.2, 0.25) is 5.91 Å². The molecule has 0 fully saturated rings. The molecule has 1 amide bonds. The number of para-hydroxylation sites is 1. The van der Waals surface area contributed by atoms with E-state index in [9.17, 15) is 4.79 Å². The summed E-state index contributed by atoms with van der Waals surface area (Å²) in [5.74, 6) is 0.686. The molecular formula is C13H20N2O2. The minimum absolute atomic E-state index is 0.0941. The van der Waals surface area contributed by atoms with Crippen molar-refractivity contribution < 1.29 is 9.53 Å². The van der Waals surface area contributed by atoms with Crippen molar-refractivity contribution >= 4 is 5.91 Å². The number of hydrogen-bond acceptors (Lipinski definition) is 3. The number of methoxy groups -OCH3 is 1. The van der Waals surface area contributed by atoms with Gasteiger partial charge in [0.1, 0.15) is 5.75 Å². The van der Waals surface area contributed by atoms with Crippen LogP contribution in [0.25, 0.3) is 0 Å². The highest BCUT2D eigenvalue weighted by atomic mass is 16.5. The summed E-state index contributed by atoms with van der Waals surface area (Å²) in [5.41, 5.74) is 5.90. The fourth-order valence-electron chi connectivity index (χ4n) is 1.65. The van der Waals surface area contributed by atoms with Crippen LogP contribution in [0.5, 0.6) is 5.75 Å². The summed E-state index contributed by atoms with van der Waals surface area (Å²) in [6, 6.07) is 7.63. The number of ether oxygens (including phenoxy) is 1. The Morgan fingerprint density at radius 1 is 1.41 bits per heavy atom. The number of rotatable bonds is 4. The van der Waals surface area contributed by atoms with Gasteiger partial charge in [-0.05, 0) is 19.9 Å². The molecule has 1 aromatic rings. The highest BCUT2D eigenvalue weighted by Gasteiger charge is 2.25. The third-order valence-electron chi connectivity index (χ3n) is 2.50. The van der Waals surface area contributed by atoms with E-state index in [1.807, 2.05) is 24.3 Å². The second-order valence-corrected chi connectivity index (χ2v) is 4.69. The quantitative estimate of drug-likeness (QED) is 0.859. The maximum atomic E-state index is 11.9. The molecule has 0 radical (unpaired) electrons. The average molecular weight is 236 g/mol. The monoisotopic (exact) mass is 236 g/mol. The van der Waals surface area contributed by atoms with E-state index < -0.39 is 5.54 Å². The van der Waals surface area contributed by atoms with Crippen molar-refractivity contribution in [3.05, 3.63) is 29.8 Å². The van der Waals surface area contributed by atoms with Gasteiger partial charge in [-0.2, -0.15) is 0 Å². The zero-order valence-corrected chi connectivity index (χ0v) is 10.9. The first-order valence-corrected chi connectivity index (χ1v) is 5.52. The van der Waals surface area contributed by atoms with Crippen molar-refractivity contribution in [2.45, 2.75) is 25.9 Å². The van der Waals surface area contributed by atoms with E-state index in [0.29, 0.717) is 6.54 Å². The van der Waals surface area contributed by atoms with Gasteiger partial charge in [0, 0.05) is 19.2 Å². The summed E-state index contributed by atoms with van der Waals surface area (Å²) in [7, 11) is 3.36. The predicted molar refractivity (Wildman–Crippen MR) is 67.7 cm³/mol. The SMILES string of the molecule is COc1ccccc1CN(C)C(=O)C(C)(C)N. The van der Waals surface area contributed by atoms with Crippen molar-refractivity contribution in [2.75, 3.05) is 14.2 Å². The van der Waals surface area contributed by atoms with E-state index >= 15 is 0 Å².